The number of benzene rings is 2. The quantitative estimate of drug-likeness (QED) is 0.582. The highest BCUT2D eigenvalue weighted by Gasteiger charge is 2.32. The van der Waals surface area contributed by atoms with Crippen molar-refractivity contribution in [2.45, 2.75) is 38.1 Å². The molecule has 8 heteroatoms. The number of hydrogen-bond acceptors (Lipinski definition) is 6. The van der Waals surface area contributed by atoms with E-state index in [1.807, 2.05) is 34.1 Å². The van der Waals surface area contributed by atoms with Gasteiger partial charge in [0.2, 0.25) is 0 Å². The third kappa shape index (κ3) is 5.06. The topological polar surface area (TPSA) is 99.8 Å². The number of nitrogens with zero attached hydrogens (tertiary/aromatic N) is 3. The van der Waals surface area contributed by atoms with Crippen LogP contribution in [0.4, 0.5) is 10.1 Å². The zero-order valence-corrected chi connectivity index (χ0v) is 19.0. The number of aliphatic hydroxyl groups is 2. The first-order valence-corrected chi connectivity index (χ1v) is 11.5. The highest BCUT2D eigenvalue weighted by atomic mass is 19.1. The number of carbonyl (C=O) groups is 1. The number of nitriles is 1. The summed E-state index contributed by atoms with van der Waals surface area (Å²) < 4.78 is 13.7. The van der Waals surface area contributed by atoms with Crippen molar-refractivity contribution in [3.8, 4) is 6.07 Å². The molecule has 178 valence electrons. The van der Waals surface area contributed by atoms with Crippen LogP contribution in [0.2, 0.25) is 0 Å². The lowest BCUT2D eigenvalue weighted by Gasteiger charge is -2.34. The van der Waals surface area contributed by atoms with Crippen LogP contribution >= 0.6 is 0 Å². The van der Waals surface area contributed by atoms with Gasteiger partial charge < -0.3 is 25.3 Å². The number of rotatable bonds is 7. The number of carbonyl (C=O) groups excluding carboxylic acids is 1. The molecule has 0 aliphatic carbocycles. The van der Waals surface area contributed by atoms with Gasteiger partial charge in [-0.05, 0) is 48.1 Å². The lowest BCUT2D eigenvalue weighted by atomic mass is 9.95. The van der Waals surface area contributed by atoms with E-state index in [0.29, 0.717) is 49.7 Å². The van der Waals surface area contributed by atoms with E-state index < -0.39 is 18.1 Å². The predicted octanol–water partition coefficient (Wildman–Crippen LogP) is 2.28. The normalized spacial score (nSPS) is 17.6. The van der Waals surface area contributed by atoms with Gasteiger partial charge in [-0.2, -0.15) is 5.26 Å². The van der Waals surface area contributed by atoms with Crippen LogP contribution < -0.4 is 10.2 Å². The minimum absolute atomic E-state index is 0.180. The molecule has 0 bridgehead atoms. The maximum absolute atomic E-state index is 13.7. The second-order valence-corrected chi connectivity index (χ2v) is 8.95. The van der Waals surface area contributed by atoms with Crippen LogP contribution in [0.5, 0.6) is 0 Å². The smallest absolute Gasteiger partial charge is 0.251 e. The third-order valence-electron chi connectivity index (χ3n) is 6.76. The molecule has 0 aromatic heterocycles. The molecule has 2 aliphatic heterocycles. The summed E-state index contributed by atoms with van der Waals surface area (Å²) in [5.41, 5.74) is 3.62. The zero-order chi connectivity index (χ0) is 24.2. The van der Waals surface area contributed by atoms with Crippen molar-refractivity contribution in [1.29, 1.82) is 5.26 Å². The van der Waals surface area contributed by atoms with Crippen LogP contribution in [0.15, 0.2) is 54.7 Å². The van der Waals surface area contributed by atoms with Gasteiger partial charge in [0.05, 0.1) is 11.3 Å². The molecule has 2 aromatic rings. The van der Waals surface area contributed by atoms with Crippen LogP contribution in [-0.2, 0) is 17.9 Å². The van der Waals surface area contributed by atoms with Crippen LogP contribution in [0, 0.1) is 23.1 Å². The van der Waals surface area contributed by atoms with E-state index in [1.165, 1.54) is 18.2 Å². The molecule has 2 aliphatic rings. The third-order valence-corrected chi connectivity index (χ3v) is 6.76. The van der Waals surface area contributed by atoms with Gasteiger partial charge in [-0.15, -0.1) is 0 Å². The Morgan fingerprint density at radius 2 is 1.79 bits per heavy atom. The Kier molecular flexibility index (Phi) is 7.15. The van der Waals surface area contributed by atoms with Crippen molar-refractivity contribution in [3.05, 3.63) is 77.2 Å². The molecule has 0 spiro atoms. The fourth-order valence-corrected chi connectivity index (χ4v) is 4.64. The molecular weight excluding hydrogens is 435 g/mol. The van der Waals surface area contributed by atoms with E-state index in [2.05, 4.69) is 18.0 Å². The summed E-state index contributed by atoms with van der Waals surface area (Å²) in [5, 5.41) is 33.0. The fourth-order valence-electron chi connectivity index (χ4n) is 4.64. The van der Waals surface area contributed by atoms with Crippen LogP contribution in [0.1, 0.15) is 29.5 Å². The average molecular weight is 465 g/mol. The number of piperidine rings is 1. The Hall–Kier alpha value is -3.41. The number of fused-ring (bicyclic) bond motifs is 1. The van der Waals surface area contributed by atoms with Gasteiger partial charge in [0.1, 0.15) is 18.0 Å². The van der Waals surface area contributed by atoms with Crippen LogP contribution in [0.25, 0.3) is 0 Å². The second kappa shape index (κ2) is 10.2. The maximum atomic E-state index is 13.7. The molecule has 1 fully saturated rings. The molecule has 34 heavy (non-hydrogen) atoms. The van der Waals surface area contributed by atoms with Crippen molar-refractivity contribution in [3.63, 3.8) is 0 Å². The summed E-state index contributed by atoms with van der Waals surface area (Å²) in [4.78, 5) is 16.3. The lowest BCUT2D eigenvalue weighted by Crippen LogP contribution is -2.47. The van der Waals surface area contributed by atoms with E-state index in [0.717, 1.165) is 24.0 Å². The molecule has 1 unspecified atom stereocenters. The first-order chi connectivity index (χ1) is 16.4. The van der Waals surface area contributed by atoms with Gasteiger partial charge in [0.25, 0.3) is 5.91 Å². The van der Waals surface area contributed by atoms with E-state index in [9.17, 15) is 24.7 Å². The number of amides is 1. The van der Waals surface area contributed by atoms with Crippen LogP contribution in [0.3, 0.4) is 0 Å². The summed E-state index contributed by atoms with van der Waals surface area (Å²) in [6.45, 7) is 6.71. The summed E-state index contributed by atoms with van der Waals surface area (Å²) in [6.07, 6.45) is -1.51. The van der Waals surface area contributed by atoms with Crippen LogP contribution in [-0.4, -0.2) is 52.9 Å². The summed E-state index contributed by atoms with van der Waals surface area (Å²) in [5.74, 6) is -0.833. The van der Waals surface area contributed by atoms with Gasteiger partial charge in [-0.25, -0.2) is 4.39 Å². The largest absolute Gasteiger partial charge is 0.384 e. The van der Waals surface area contributed by atoms with Gasteiger partial charge in [0.15, 0.2) is 6.10 Å². The van der Waals surface area contributed by atoms with E-state index in [-0.39, 0.29) is 11.7 Å². The molecule has 2 aromatic carbocycles. The second-order valence-electron chi connectivity index (χ2n) is 8.95. The Bertz CT molecular complexity index is 1080. The number of anilines is 1. The summed E-state index contributed by atoms with van der Waals surface area (Å²) >= 11 is 0. The fraction of sp³-hybridized carbons (Fsp3) is 0.385. The standard InChI is InChI=1S/C26H29FN4O3/c1-17(31-15-20-4-2-3-5-21(20)16-31)24(32)25(33)26(34)29-14-18-8-10-30(11-9-18)23-12-22(27)7-6-19(23)13-28/h2-7,12,18,24-25,32-33H,1,8-11,14-16H2,(H,29,34)/t24-,25?/m0/s1. The molecule has 3 N–H and O–H groups in total. The molecule has 0 saturated carbocycles. The van der Waals surface area contributed by atoms with Gasteiger partial charge >= 0.3 is 0 Å². The molecule has 2 atom stereocenters. The number of hydrogen-bond donors (Lipinski definition) is 3. The van der Waals surface area contributed by atoms with Crippen molar-refractivity contribution in [2.24, 2.45) is 5.92 Å². The molecule has 0 radical (unpaired) electrons. The summed E-state index contributed by atoms with van der Waals surface area (Å²) in [7, 11) is 0. The van der Waals surface area contributed by atoms with Gasteiger partial charge in [0, 0.05) is 38.4 Å². The van der Waals surface area contributed by atoms with Crippen molar-refractivity contribution >= 4 is 11.6 Å². The first kappa shape index (κ1) is 23.7. The maximum Gasteiger partial charge on any atom is 0.251 e. The molecule has 1 saturated heterocycles. The summed E-state index contributed by atoms with van der Waals surface area (Å²) in [6, 6.07) is 14.2. The average Bonchev–Trinajstić information content (AvgIpc) is 3.30. The molecular formula is C26H29FN4O3. The SMILES string of the molecule is C=C([C@H](O)C(O)C(=O)NCC1CCN(c2cc(F)ccc2C#N)CC1)N1Cc2ccccc2C1. The van der Waals surface area contributed by atoms with Crippen molar-refractivity contribution in [1.82, 2.24) is 10.2 Å². The monoisotopic (exact) mass is 464 g/mol. The zero-order valence-electron chi connectivity index (χ0n) is 19.0. The molecule has 4 rings (SSSR count). The van der Waals surface area contributed by atoms with E-state index >= 15 is 0 Å². The number of aliphatic hydroxyl groups excluding tert-OH is 2. The number of halogens is 1. The Morgan fingerprint density at radius 3 is 2.41 bits per heavy atom. The van der Waals surface area contributed by atoms with Crippen molar-refractivity contribution in [2.75, 3.05) is 24.5 Å². The van der Waals surface area contributed by atoms with Gasteiger partial charge in [-0.1, -0.05) is 30.8 Å². The highest BCUT2D eigenvalue weighted by molar-refractivity contribution is 5.81. The minimum atomic E-state index is -1.61. The van der Waals surface area contributed by atoms with E-state index in [1.54, 1.807) is 0 Å². The molecule has 2 heterocycles. The Balaban J connectivity index is 1.24. The highest BCUT2D eigenvalue weighted by Crippen LogP contribution is 2.28. The molecule has 1 amide bonds. The predicted molar refractivity (Wildman–Crippen MR) is 126 cm³/mol. The Morgan fingerprint density at radius 1 is 1.15 bits per heavy atom. The first-order valence-electron chi connectivity index (χ1n) is 11.5. The minimum Gasteiger partial charge on any atom is -0.384 e. The molecule has 7 nitrogen and oxygen atoms in total. The van der Waals surface area contributed by atoms with E-state index in [4.69, 9.17) is 0 Å². The van der Waals surface area contributed by atoms with Gasteiger partial charge in [-0.3, -0.25) is 4.79 Å². The Labute approximate surface area is 198 Å². The van der Waals surface area contributed by atoms with Crippen molar-refractivity contribution < 1.29 is 19.4 Å². The number of nitrogens with one attached hydrogen (secondary N) is 1. The lowest BCUT2D eigenvalue weighted by molar-refractivity contribution is -0.134.